The molecular weight excluding hydrogens is 268 g/mol. The van der Waals surface area contributed by atoms with Crippen LogP contribution >= 0.6 is 0 Å². The molecule has 2 saturated heterocycles. The summed E-state index contributed by atoms with van der Waals surface area (Å²) >= 11 is 0. The van der Waals surface area contributed by atoms with Crippen LogP contribution in [0.1, 0.15) is 26.7 Å². The molecule has 2 unspecified atom stereocenters. The van der Waals surface area contributed by atoms with Gasteiger partial charge in [0.15, 0.2) is 5.96 Å². The monoisotopic (exact) mass is 298 g/mol. The lowest BCUT2D eigenvalue weighted by atomic mass is 10.1. The molecule has 2 rings (SSSR count). The number of guanidine groups is 1. The Morgan fingerprint density at radius 1 is 1.43 bits per heavy atom. The highest BCUT2D eigenvalue weighted by Crippen LogP contribution is 2.22. The maximum Gasteiger partial charge on any atom is 0.191 e. The van der Waals surface area contributed by atoms with E-state index in [0.717, 1.165) is 25.7 Å². The van der Waals surface area contributed by atoms with Crippen molar-refractivity contribution in [2.24, 2.45) is 4.99 Å². The molecule has 2 N–H and O–H groups in total. The molecule has 0 spiro atoms. The maximum absolute atomic E-state index is 5.94. The van der Waals surface area contributed by atoms with Crippen molar-refractivity contribution in [1.82, 2.24) is 15.5 Å². The zero-order chi connectivity index (χ0) is 15.3. The molecular formula is C15H30N4O2. The topological polar surface area (TPSA) is 58.1 Å². The van der Waals surface area contributed by atoms with E-state index in [1.165, 1.54) is 19.4 Å². The molecule has 2 fully saturated rings. The van der Waals surface area contributed by atoms with Crippen LogP contribution in [0.2, 0.25) is 0 Å². The van der Waals surface area contributed by atoms with Crippen molar-refractivity contribution in [2.75, 3.05) is 46.9 Å². The van der Waals surface area contributed by atoms with Gasteiger partial charge in [0.05, 0.1) is 18.3 Å². The smallest absolute Gasteiger partial charge is 0.191 e. The number of methoxy groups -OCH3 is 1. The lowest BCUT2D eigenvalue weighted by Crippen LogP contribution is -2.52. The summed E-state index contributed by atoms with van der Waals surface area (Å²) in [4.78, 5) is 6.80. The Morgan fingerprint density at radius 3 is 2.95 bits per heavy atom. The number of fused-ring (bicyclic) bond motifs is 1. The van der Waals surface area contributed by atoms with Gasteiger partial charge >= 0.3 is 0 Å². The maximum atomic E-state index is 5.94. The van der Waals surface area contributed by atoms with Gasteiger partial charge in [0, 0.05) is 39.8 Å². The fraction of sp³-hybridized carbons (Fsp3) is 0.933. The minimum atomic E-state index is -0.207. The van der Waals surface area contributed by atoms with Gasteiger partial charge in [-0.15, -0.1) is 0 Å². The molecule has 0 aromatic rings. The molecule has 0 saturated carbocycles. The van der Waals surface area contributed by atoms with Gasteiger partial charge in [0.25, 0.3) is 0 Å². The largest absolute Gasteiger partial charge is 0.377 e. The van der Waals surface area contributed by atoms with E-state index in [4.69, 9.17) is 9.47 Å². The predicted octanol–water partition coefficient (Wildman–Crippen LogP) is 0.440. The highest BCUT2D eigenvalue weighted by Gasteiger charge is 2.32. The molecule has 6 heteroatoms. The number of aliphatic imine (C=N–C) groups is 1. The van der Waals surface area contributed by atoms with E-state index in [9.17, 15) is 0 Å². The van der Waals surface area contributed by atoms with Crippen LogP contribution in [0.15, 0.2) is 4.99 Å². The fourth-order valence-corrected chi connectivity index (χ4v) is 2.81. The minimum absolute atomic E-state index is 0.207. The van der Waals surface area contributed by atoms with Crippen LogP contribution in [0.3, 0.4) is 0 Å². The average molecular weight is 298 g/mol. The third kappa shape index (κ3) is 4.83. The van der Waals surface area contributed by atoms with Gasteiger partial charge in [-0.1, -0.05) is 0 Å². The first-order valence-electron chi connectivity index (χ1n) is 7.89. The summed E-state index contributed by atoms with van der Waals surface area (Å²) in [6, 6.07) is 0.654. The van der Waals surface area contributed by atoms with Crippen LogP contribution in [0.4, 0.5) is 0 Å². The first-order chi connectivity index (χ1) is 10.0. The summed E-state index contributed by atoms with van der Waals surface area (Å²) in [5.41, 5.74) is -0.207. The van der Waals surface area contributed by atoms with Crippen LogP contribution in [0, 0.1) is 0 Å². The quantitative estimate of drug-likeness (QED) is 0.570. The second-order valence-corrected chi connectivity index (χ2v) is 6.52. The van der Waals surface area contributed by atoms with E-state index in [0.29, 0.717) is 12.6 Å². The molecule has 0 aromatic carbocycles. The number of nitrogens with zero attached hydrogens (tertiary/aromatic N) is 2. The van der Waals surface area contributed by atoms with E-state index in [1.54, 1.807) is 14.2 Å². The molecule has 2 aliphatic heterocycles. The lowest BCUT2D eigenvalue weighted by molar-refractivity contribution is -0.0453. The van der Waals surface area contributed by atoms with E-state index in [1.807, 2.05) is 13.8 Å². The number of rotatable bonds is 5. The molecule has 0 bridgehead atoms. The van der Waals surface area contributed by atoms with Crippen LogP contribution in [0.5, 0.6) is 0 Å². The zero-order valence-corrected chi connectivity index (χ0v) is 13.8. The Labute approximate surface area is 128 Å². The van der Waals surface area contributed by atoms with Gasteiger partial charge in [-0.05, 0) is 33.2 Å². The lowest BCUT2D eigenvalue weighted by Gasteiger charge is -2.35. The van der Waals surface area contributed by atoms with Crippen LogP contribution in [-0.4, -0.2) is 75.5 Å². The molecule has 0 aromatic heterocycles. The normalized spacial score (nSPS) is 27.5. The minimum Gasteiger partial charge on any atom is -0.377 e. The number of morpholine rings is 1. The van der Waals surface area contributed by atoms with E-state index < -0.39 is 0 Å². The Kier molecular flexibility index (Phi) is 5.84. The fourth-order valence-electron chi connectivity index (χ4n) is 2.81. The third-order valence-electron chi connectivity index (χ3n) is 4.42. The van der Waals surface area contributed by atoms with Crippen molar-refractivity contribution in [3.05, 3.63) is 0 Å². The van der Waals surface area contributed by atoms with Crippen LogP contribution in [0.25, 0.3) is 0 Å². The van der Waals surface area contributed by atoms with Crippen molar-refractivity contribution in [3.8, 4) is 0 Å². The number of hydrogen-bond acceptors (Lipinski definition) is 4. The van der Waals surface area contributed by atoms with Gasteiger partial charge in [0.2, 0.25) is 0 Å². The second-order valence-electron chi connectivity index (χ2n) is 6.52. The molecule has 2 atom stereocenters. The van der Waals surface area contributed by atoms with Crippen LogP contribution in [-0.2, 0) is 9.47 Å². The Hall–Kier alpha value is -0.850. The molecule has 0 amide bonds. The highest BCUT2D eigenvalue weighted by molar-refractivity contribution is 5.79. The summed E-state index contributed by atoms with van der Waals surface area (Å²) < 4.78 is 11.3. The van der Waals surface area contributed by atoms with Crippen molar-refractivity contribution in [1.29, 1.82) is 0 Å². The molecule has 0 aliphatic carbocycles. The van der Waals surface area contributed by atoms with E-state index in [2.05, 4.69) is 20.5 Å². The van der Waals surface area contributed by atoms with Gasteiger partial charge in [-0.2, -0.15) is 0 Å². The summed E-state index contributed by atoms with van der Waals surface area (Å²) in [7, 11) is 3.51. The molecule has 122 valence electrons. The summed E-state index contributed by atoms with van der Waals surface area (Å²) in [5, 5.41) is 6.64. The Bertz CT molecular complexity index is 360. The highest BCUT2D eigenvalue weighted by atomic mass is 16.5. The summed E-state index contributed by atoms with van der Waals surface area (Å²) in [6.07, 6.45) is 2.84. The van der Waals surface area contributed by atoms with Gasteiger partial charge in [-0.25, -0.2) is 0 Å². The number of nitrogens with one attached hydrogen (secondary N) is 2. The summed E-state index contributed by atoms with van der Waals surface area (Å²) in [5.74, 6) is 0.798. The van der Waals surface area contributed by atoms with E-state index in [-0.39, 0.29) is 11.7 Å². The van der Waals surface area contributed by atoms with Gasteiger partial charge < -0.3 is 20.1 Å². The number of hydrogen-bond donors (Lipinski definition) is 2. The first-order valence-corrected chi connectivity index (χ1v) is 7.89. The third-order valence-corrected chi connectivity index (χ3v) is 4.42. The van der Waals surface area contributed by atoms with Gasteiger partial charge in [-0.3, -0.25) is 9.89 Å². The van der Waals surface area contributed by atoms with Crippen LogP contribution < -0.4 is 10.6 Å². The average Bonchev–Trinajstić information content (AvgIpc) is 2.95. The molecule has 2 heterocycles. The Balaban J connectivity index is 1.71. The molecule has 6 nitrogen and oxygen atoms in total. The predicted molar refractivity (Wildman–Crippen MR) is 84.8 cm³/mol. The summed E-state index contributed by atoms with van der Waals surface area (Å²) in [6.45, 7) is 8.71. The molecule has 2 aliphatic rings. The standard InChI is InChI=1S/C15H30N4O2/c1-15(2,20-4)11-18-14(16-3)17-8-13-9-19-7-5-6-12(19)10-21-13/h12-13H,5-11H2,1-4H3,(H2,16,17,18). The first kappa shape index (κ1) is 16.5. The second kappa shape index (κ2) is 7.42. The van der Waals surface area contributed by atoms with Crippen molar-refractivity contribution < 1.29 is 9.47 Å². The SMILES string of the molecule is CN=C(NCC1CN2CCCC2CO1)NCC(C)(C)OC. The van der Waals surface area contributed by atoms with E-state index >= 15 is 0 Å². The molecule has 21 heavy (non-hydrogen) atoms. The van der Waals surface area contributed by atoms with Crippen molar-refractivity contribution in [2.45, 2.75) is 44.4 Å². The Morgan fingerprint density at radius 2 is 2.24 bits per heavy atom. The zero-order valence-electron chi connectivity index (χ0n) is 13.8. The van der Waals surface area contributed by atoms with Crippen molar-refractivity contribution in [3.63, 3.8) is 0 Å². The van der Waals surface area contributed by atoms with Crippen molar-refractivity contribution >= 4 is 5.96 Å². The van der Waals surface area contributed by atoms with Gasteiger partial charge in [0.1, 0.15) is 0 Å². The number of ether oxygens (including phenoxy) is 2. The molecule has 0 radical (unpaired) electrons.